The number of carbonyl (C=O) groups is 2. The number of aliphatic hydroxyl groups is 5. The van der Waals surface area contributed by atoms with Crippen molar-refractivity contribution in [2.45, 2.75) is 172 Å². The van der Waals surface area contributed by atoms with Gasteiger partial charge < -0.3 is 55.3 Å². The van der Waals surface area contributed by atoms with Crippen molar-refractivity contribution in [1.82, 2.24) is 9.55 Å². The number of aliphatic hydroxyl groups excluding tert-OH is 5. The number of anilines is 1. The number of unbranched alkanes of at least 4 members (excludes halogenated alkanes) is 7. The monoisotopic (exact) mass is 1100 g/mol. The first-order chi connectivity index (χ1) is 35.9. The Hall–Kier alpha value is -4.44. The van der Waals surface area contributed by atoms with Gasteiger partial charge in [-0.05, 0) is 76.7 Å². The number of nitrogens with zero attached hydrogens (tertiary/aromatic N) is 2. The first kappa shape index (κ1) is 66.7. The highest BCUT2D eigenvalue weighted by atomic mass is 31.3. The summed E-state index contributed by atoms with van der Waals surface area (Å²) in [6.45, 7) is 1.57. The van der Waals surface area contributed by atoms with Gasteiger partial charge in [0.15, 0.2) is 12.3 Å². The van der Waals surface area contributed by atoms with Crippen LogP contribution in [0.3, 0.4) is 0 Å². The minimum atomic E-state index is -5.53. The molecule has 23 heteroatoms. The maximum Gasteiger partial charge on any atom is 0.481 e. The molecule has 1 fully saturated rings. The van der Waals surface area contributed by atoms with Crippen LogP contribution in [0.2, 0.25) is 0 Å². The van der Waals surface area contributed by atoms with E-state index in [0.717, 1.165) is 62.1 Å². The fourth-order valence-corrected chi connectivity index (χ4v) is 9.01. The van der Waals surface area contributed by atoms with Gasteiger partial charge in [0.05, 0.1) is 31.5 Å². The summed E-state index contributed by atoms with van der Waals surface area (Å²) >= 11 is 0. The second-order valence-corrected chi connectivity index (χ2v) is 20.5. The molecule has 10 atom stereocenters. The number of esters is 2. The number of aromatic nitrogens is 2. The van der Waals surface area contributed by atoms with Gasteiger partial charge in [0.1, 0.15) is 30.7 Å². The number of ether oxygens (including phenoxy) is 3. The molecule has 1 saturated heterocycles. The zero-order valence-corrected chi connectivity index (χ0v) is 44.9. The molecule has 0 radical (unpaired) electrons. The molecule has 422 valence electrons. The highest BCUT2D eigenvalue weighted by Gasteiger charge is 2.46. The Morgan fingerprint density at radius 3 is 2.04 bits per heavy atom. The highest BCUT2D eigenvalue weighted by Crippen LogP contribution is 2.60. The van der Waals surface area contributed by atoms with Gasteiger partial charge in [0, 0.05) is 19.0 Å². The van der Waals surface area contributed by atoms with Crippen molar-refractivity contribution in [3.05, 3.63) is 120 Å². The lowest BCUT2D eigenvalue weighted by molar-refractivity contribution is -0.161. The van der Waals surface area contributed by atoms with E-state index < -0.39 is 102 Å². The van der Waals surface area contributed by atoms with Crippen molar-refractivity contribution in [2.75, 3.05) is 25.6 Å². The molecule has 0 saturated carbocycles. The van der Waals surface area contributed by atoms with Crippen LogP contribution in [0.15, 0.2) is 114 Å². The lowest BCUT2D eigenvalue weighted by Crippen LogP contribution is -2.36. The second kappa shape index (κ2) is 39.0. The second-order valence-electron chi connectivity index (χ2n) is 17.5. The fourth-order valence-electron chi connectivity index (χ4n) is 6.90. The van der Waals surface area contributed by atoms with E-state index in [4.69, 9.17) is 29.0 Å². The molecule has 1 aliphatic heterocycles. The summed E-state index contributed by atoms with van der Waals surface area (Å²) < 4.78 is 56.5. The molecule has 21 nitrogen and oxygen atoms in total. The van der Waals surface area contributed by atoms with Gasteiger partial charge in [-0.2, -0.15) is 9.29 Å². The molecule has 0 spiro atoms. The van der Waals surface area contributed by atoms with Crippen molar-refractivity contribution >= 4 is 33.4 Å². The minimum absolute atomic E-state index is 0.0185. The predicted molar refractivity (Wildman–Crippen MR) is 283 cm³/mol. The lowest BCUT2D eigenvalue weighted by Gasteiger charge is -2.21. The highest BCUT2D eigenvalue weighted by molar-refractivity contribution is 7.61. The van der Waals surface area contributed by atoms with Gasteiger partial charge in [-0.15, -0.1) is 0 Å². The summed E-state index contributed by atoms with van der Waals surface area (Å²) in [6.07, 6.45) is 31.3. The molecule has 9 N–H and O–H groups in total. The summed E-state index contributed by atoms with van der Waals surface area (Å²) in [5.41, 5.74) is 4.55. The number of hydrogen-bond acceptors (Lipinski definition) is 18. The molecule has 2 unspecified atom stereocenters. The third-order valence-corrected chi connectivity index (χ3v) is 13.6. The van der Waals surface area contributed by atoms with Crippen LogP contribution in [0.4, 0.5) is 5.82 Å². The molecule has 0 aliphatic carbocycles. The van der Waals surface area contributed by atoms with Gasteiger partial charge in [-0.25, -0.2) is 13.9 Å². The van der Waals surface area contributed by atoms with E-state index in [9.17, 15) is 58.8 Å². The quantitative estimate of drug-likeness (QED) is 0.0105. The van der Waals surface area contributed by atoms with E-state index in [2.05, 4.69) is 52.7 Å². The van der Waals surface area contributed by atoms with Crippen molar-refractivity contribution < 1.29 is 81.6 Å². The summed E-state index contributed by atoms with van der Waals surface area (Å²) in [7, 11) is -11.0. The van der Waals surface area contributed by atoms with Crippen LogP contribution < -0.4 is 11.4 Å². The normalized spacial score (nSPS) is 20.9. The number of phosphoric ester groups is 2. The molecule has 0 aromatic carbocycles. The zero-order chi connectivity index (χ0) is 55.3. The van der Waals surface area contributed by atoms with E-state index >= 15 is 0 Å². The van der Waals surface area contributed by atoms with E-state index in [1.54, 1.807) is 36.5 Å². The molecule has 2 heterocycles. The molecule has 2 rings (SSSR count). The van der Waals surface area contributed by atoms with E-state index in [0.29, 0.717) is 12.8 Å². The van der Waals surface area contributed by atoms with E-state index in [1.165, 1.54) is 37.5 Å². The molecule has 1 aromatic heterocycles. The van der Waals surface area contributed by atoms with Crippen molar-refractivity contribution in [2.24, 2.45) is 0 Å². The number of nitrogens with two attached hydrogens (primary N) is 1. The van der Waals surface area contributed by atoms with E-state index in [1.807, 2.05) is 19.1 Å². The zero-order valence-electron chi connectivity index (χ0n) is 43.1. The van der Waals surface area contributed by atoms with Crippen molar-refractivity contribution in [3.63, 3.8) is 0 Å². The number of nitrogen functional groups attached to an aromatic ring is 1. The molecule has 0 amide bonds. The number of rotatable bonds is 40. The predicted octanol–water partition coefficient (Wildman–Crippen LogP) is 7.35. The molecular weight excluding hydrogens is 1020 g/mol. The molecule has 75 heavy (non-hydrogen) atoms. The third-order valence-electron chi connectivity index (χ3n) is 11.0. The Bertz CT molecular complexity index is 2190. The first-order valence-corrected chi connectivity index (χ1v) is 28.6. The van der Waals surface area contributed by atoms with Gasteiger partial charge in [-0.1, -0.05) is 137 Å². The SMILES string of the molecule is CC/C=C\C[C@H](O)/C=C/C=C/C=C\C=C/[C@@H](O)[C@H](O)CCCC(=O)O[C@H](COC(=O)CCCCCC/C=C\C/C=C\C/C=C\CCCCC)COP(=O)(O)OP(=O)(O)OC[C@H]1O[C@@H](n2ccc(N)nc2=O)[C@H](O)[C@@H]1O. The van der Waals surface area contributed by atoms with Crippen LogP contribution >= 0.6 is 15.6 Å². The third kappa shape index (κ3) is 31.4. The first-order valence-electron chi connectivity index (χ1n) is 25.6. The van der Waals surface area contributed by atoms with Crippen LogP contribution in [0, 0.1) is 0 Å². The Morgan fingerprint density at radius 1 is 0.760 bits per heavy atom. The summed E-state index contributed by atoms with van der Waals surface area (Å²) in [6, 6.07) is 1.22. The topological polar surface area (TPSA) is 326 Å². The summed E-state index contributed by atoms with van der Waals surface area (Å²) in [5, 5.41) is 51.6. The average Bonchev–Trinajstić information content (AvgIpc) is 3.64. The number of hydrogen-bond donors (Lipinski definition) is 8. The van der Waals surface area contributed by atoms with Gasteiger partial charge in [0.2, 0.25) is 0 Å². The summed E-state index contributed by atoms with van der Waals surface area (Å²) in [4.78, 5) is 62.0. The molecule has 0 bridgehead atoms. The Labute approximate surface area is 440 Å². The Kier molecular flexibility index (Phi) is 34.7. The average molecular weight is 1100 g/mol. The number of allylic oxidation sites excluding steroid dienone is 13. The van der Waals surface area contributed by atoms with Crippen LogP contribution in [-0.4, -0.2) is 119 Å². The van der Waals surface area contributed by atoms with Gasteiger partial charge in [0.25, 0.3) is 0 Å². The molecule has 1 aromatic rings. The molecular formula is C52H81N3O18P2. The van der Waals surface area contributed by atoms with Gasteiger partial charge in [-0.3, -0.25) is 23.2 Å². The standard InChI is InChI=1S/C52H81N3O18P2/c1-3-5-7-8-9-10-11-12-13-14-15-16-17-18-19-24-28-34-47(59)68-38-42(71-48(60)35-29-33-44(58)43(57)32-27-23-21-20-22-26-31-41(56)30-25-6-4-2)39-69-74(64,65)73-75(66,67)70-40-45-49(61)50(62)51(72-45)55-37-36-46(53)54-52(55)63/h6,9-10,12-13,15-16,20-23,25-27,31-32,36-37,41-45,49-51,56-58,61-62H,3-5,7-8,11,14,17-19,24,28-30,33-35,38-40H2,1-2H3,(H,64,65)(H,66,67)(H2,53,54,63)/b10-9-,13-12-,16-15-,22-20+,23-21-,25-6-,31-26+,32-27-/t41-,42+,43+,44+,45+,49+,50+,51+/m0/s1. The van der Waals surface area contributed by atoms with Crippen LogP contribution in [0.1, 0.15) is 129 Å². The van der Waals surface area contributed by atoms with Gasteiger partial charge >= 0.3 is 33.3 Å². The Morgan fingerprint density at radius 2 is 1.37 bits per heavy atom. The maximum atomic E-state index is 12.9. The largest absolute Gasteiger partial charge is 0.481 e. The molecule has 1 aliphatic rings. The van der Waals surface area contributed by atoms with Crippen molar-refractivity contribution in [3.8, 4) is 0 Å². The van der Waals surface area contributed by atoms with Crippen LogP contribution in [0.25, 0.3) is 0 Å². The van der Waals surface area contributed by atoms with Crippen molar-refractivity contribution in [1.29, 1.82) is 0 Å². The van der Waals surface area contributed by atoms with Crippen LogP contribution in [0.5, 0.6) is 0 Å². The fraction of sp³-hybridized carbons (Fsp3) is 0.577. The van der Waals surface area contributed by atoms with E-state index in [-0.39, 0.29) is 31.5 Å². The maximum absolute atomic E-state index is 12.9. The van der Waals surface area contributed by atoms with Crippen LogP contribution in [-0.2, 0) is 46.3 Å². The Balaban J connectivity index is 1.91. The number of phosphoric acid groups is 2. The number of carbonyl (C=O) groups excluding carboxylic acids is 2. The minimum Gasteiger partial charge on any atom is -0.462 e. The summed E-state index contributed by atoms with van der Waals surface area (Å²) in [5.74, 6) is -1.69. The smallest absolute Gasteiger partial charge is 0.462 e. The lowest BCUT2D eigenvalue weighted by atomic mass is 10.1.